The summed E-state index contributed by atoms with van der Waals surface area (Å²) >= 11 is 0. The van der Waals surface area contributed by atoms with Gasteiger partial charge in [0.25, 0.3) is 5.91 Å². The van der Waals surface area contributed by atoms with E-state index in [0.717, 1.165) is 16.9 Å². The van der Waals surface area contributed by atoms with Crippen molar-refractivity contribution in [2.75, 3.05) is 13.7 Å². The number of fused-ring (bicyclic) bond motifs is 1. The number of carbonyl (C=O) groups is 1. The number of ether oxygens (including phenoxy) is 3. The molecule has 3 rings (SSSR count). The molecular weight excluding hydrogens is 306 g/mol. The maximum atomic E-state index is 12.5. The van der Waals surface area contributed by atoms with Crippen LogP contribution in [-0.2, 0) is 4.79 Å². The minimum absolute atomic E-state index is 0.195. The molecule has 1 amide bonds. The minimum atomic E-state index is -0.668. The van der Waals surface area contributed by atoms with E-state index in [4.69, 9.17) is 14.2 Å². The molecular formula is C19H21NO4. The summed E-state index contributed by atoms with van der Waals surface area (Å²) in [6, 6.07) is 13.0. The van der Waals surface area contributed by atoms with Crippen LogP contribution in [0.3, 0.4) is 0 Å². The number of hydrogen-bond acceptors (Lipinski definition) is 4. The molecule has 5 heteroatoms. The van der Waals surface area contributed by atoms with Gasteiger partial charge >= 0.3 is 0 Å². The van der Waals surface area contributed by atoms with E-state index in [2.05, 4.69) is 5.32 Å². The van der Waals surface area contributed by atoms with Crippen molar-refractivity contribution in [1.29, 1.82) is 0 Å². The highest BCUT2D eigenvalue weighted by Gasteiger charge is 2.28. The Bertz CT molecular complexity index is 744. The van der Waals surface area contributed by atoms with Gasteiger partial charge in [0, 0.05) is 5.56 Å². The Morgan fingerprint density at radius 1 is 1.25 bits per heavy atom. The van der Waals surface area contributed by atoms with E-state index in [1.807, 2.05) is 50.2 Å². The van der Waals surface area contributed by atoms with Gasteiger partial charge in [-0.3, -0.25) is 4.79 Å². The van der Waals surface area contributed by atoms with Crippen molar-refractivity contribution in [3.05, 3.63) is 53.6 Å². The molecule has 1 N–H and O–H groups in total. The summed E-state index contributed by atoms with van der Waals surface area (Å²) in [7, 11) is 1.62. The van der Waals surface area contributed by atoms with E-state index in [1.54, 1.807) is 13.2 Å². The van der Waals surface area contributed by atoms with Gasteiger partial charge in [0.1, 0.15) is 12.4 Å². The Morgan fingerprint density at radius 2 is 2.00 bits per heavy atom. The van der Waals surface area contributed by atoms with Crippen molar-refractivity contribution in [3.63, 3.8) is 0 Å². The number of para-hydroxylation sites is 2. The molecule has 2 aromatic carbocycles. The Morgan fingerprint density at radius 3 is 2.75 bits per heavy atom. The molecule has 0 fully saturated rings. The molecule has 5 nitrogen and oxygen atoms in total. The second kappa shape index (κ2) is 6.83. The topological polar surface area (TPSA) is 56.8 Å². The molecule has 0 saturated carbocycles. The van der Waals surface area contributed by atoms with Crippen LogP contribution in [0.4, 0.5) is 0 Å². The van der Waals surface area contributed by atoms with Gasteiger partial charge in [-0.1, -0.05) is 29.8 Å². The molecule has 2 atom stereocenters. The Labute approximate surface area is 141 Å². The molecule has 1 aliphatic rings. The summed E-state index contributed by atoms with van der Waals surface area (Å²) in [5, 5.41) is 2.97. The summed E-state index contributed by atoms with van der Waals surface area (Å²) in [4.78, 5) is 12.5. The number of hydrogen-bond donors (Lipinski definition) is 1. The van der Waals surface area contributed by atoms with E-state index < -0.39 is 6.10 Å². The molecule has 0 radical (unpaired) electrons. The zero-order valence-corrected chi connectivity index (χ0v) is 14.0. The van der Waals surface area contributed by atoms with Crippen molar-refractivity contribution >= 4 is 5.91 Å². The highest BCUT2D eigenvalue weighted by molar-refractivity contribution is 5.82. The van der Waals surface area contributed by atoms with Crippen LogP contribution < -0.4 is 19.5 Å². The lowest BCUT2D eigenvalue weighted by molar-refractivity contribution is -0.131. The summed E-state index contributed by atoms with van der Waals surface area (Å²) in [5.74, 6) is 1.79. The number of carbonyl (C=O) groups excluding carboxylic acids is 1. The second-order valence-electron chi connectivity index (χ2n) is 5.84. The van der Waals surface area contributed by atoms with E-state index >= 15 is 0 Å². The largest absolute Gasteiger partial charge is 0.496 e. The second-order valence-corrected chi connectivity index (χ2v) is 5.84. The number of benzene rings is 2. The number of methoxy groups -OCH3 is 1. The molecule has 0 bridgehead atoms. The molecule has 1 heterocycles. The quantitative estimate of drug-likeness (QED) is 0.938. The molecule has 1 aliphatic heterocycles. The van der Waals surface area contributed by atoms with Gasteiger partial charge < -0.3 is 19.5 Å². The third-order valence-corrected chi connectivity index (χ3v) is 4.01. The Kier molecular flexibility index (Phi) is 4.60. The van der Waals surface area contributed by atoms with Crippen molar-refractivity contribution in [2.24, 2.45) is 0 Å². The molecule has 0 aliphatic carbocycles. The SMILES string of the molecule is COc1ccc(C)cc1[C@@H](C)NC(=O)[C@H]1COc2ccccc2O1. The first-order valence-electron chi connectivity index (χ1n) is 7.92. The fourth-order valence-corrected chi connectivity index (χ4v) is 2.72. The van der Waals surface area contributed by atoms with Gasteiger partial charge in [0.15, 0.2) is 11.5 Å². The average molecular weight is 327 g/mol. The lowest BCUT2D eigenvalue weighted by atomic mass is 10.0. The molecule has 126 valence electrons. The van der Waals surface area contributed by atoms with Crippen LogP contribution in [-0.4, -0.2) is 25.7 Å². The van der Waals surface area contributed by atoms with E-state index in [9.17, 15) is 4.79 Å². The standard InChI is InChI=1S/C19H21NO4/c1-12-8-9-15(22-3)14(10-12)13(2)20-19(21)18-11-23-16-6-4-5-7-17(16)24-18/h4-10,13,18H,11H2,1-3H3,(H,20,21)/t13-,18-/m1/s1. The zero-order valence-electron chi connectivity index (χ0n) is 14.0. The smallest absolute Gasteiger partial charge is 0.265 e. The average Bonchev–Trinajstić information content (AvgIpc) is 2.61. The van der Waals surface area contributed by atoms with Crippen LogP contribution >= 0.6 is 0 Å². The maximum absolute atomic E-state index is 12.5. The van der Waals surface area contributed by atoms with Gasteiger partial charge in [-0.05, 0) is 32.0 Å². The van der Waals surface area contributed by atoms with E-state index in [1.165, 1.54) is 0 Å². The van der Waals surface area contributed by atoms with Gasteiger partial charge in [0.05, 0.1) is 13.2 Å². The Hall–Kier alpha value is -2.69. The molecule has 0 aromatic heterocycles. The number of rotatable bonds is 4. The fraction of sp³-hybridized carbons (Fsp3) is 0.316. The van der Waals surface area contributed by atoms with Crippen LogP contribution in [0.2, 0.25) is 0 Å². The minimum Gasteiger partial charge on any atom is -0.496 e. The fourth-order valence-electron chi connectivity index (χ4n) is 2.72. The summed E-state index contributed by atoms with van der Waals surface area (Å²) in [6.07, 6.45) is -0.668. The zero-order chi connectivity index (χ0) is 17.1. The molecule has 0 spiro atoms. The third kappa shape index (κ3) is 3.30. The highest BCUT2D eigenvalue weighted by atomic mass is 16.6. The van der Waals surface area contributed by atoms with Crippen LogP contribution in [0.5, 0.6) is 17.2 Å². The number of nitrogens with one attached hydrogen (secondary N) is 1. The van der Waals surface area contributed by atoms with Crippen LogP contribution in [0.1, 0.15) is 24.1 Å². The Balaban J connectivity index is 1.70. The van der Waals surface area contributed by atoms with Gasteiger partial charge in [-0.25, -0.2) is 0 Å². The lowest BCUT2D eigenvalue weighted by Crippen LogP contribution is -2.44. The highest BCUT2D eigenvalue weighted by Crippen LogP contribution is 2.31. The predicted molar refractivity (Wildman–Crippen MR) is 90.6 cm³/mol. The van der Waals surface area contributed by atoms with E-state index in [0.29, 0.717) is 11.5 Å². The van der Waals surface area contributed by atoms with Crippen molar-refractivity contribution in [1.82, 2.24) is 5.32 Å². The van der Waals surface area contributed by atoms with Crippen molar-refractivity contribution in [2.45, 2.75) is 26.0 Å². The first kappa shape index (κ1) is 16.2. The van der Waals surface area contributed by atoms with Crippen LogP contribution in [0.25, 0.3) is 0 Å². The summed E-state index contributed by atoms with van der Waals surface area (Å²) < 4.78 is 16.7. The van der Waals surface area contributed by atoms with Crippen LogP contribution in [0.15, 0.2) is 42.5 Å². The summed E-state index contributed by atoms with van der Waals surface area (Å²) in [5.41, 5.74) is 2.04. The third-order valence-electron chi connectivity index (χ3n) is 4.01. The lowest BCUT2D eigenvalue weighted by Gasteiger charge is -2.27. The van der Waals surface area contributed by atoms with Gasteiger partial charge in [-0.15, -0.1) is 0 Å². The molecule has 0 saturated heterocycles. The molecule has 24 heavy (non-hydrogen) atoms. The predicted octanol–water partition coefficient (Wildman–Crippen LogP) is 3.02. The number of aryl methyl sites for hydroxylation is 1. The first-order valence-corrected chi connectivity index (χ1v) is 7.92. The van der Waals surface area contributed by atoms with Gasteiger partial charge in [0.2, 0.25) is 6.10 Å². The number of amides is 1. The van der Waals surface area contributed by atoms with Gasteiger partial charge in [-0.2, -0.15) is 0 Å². The first-order chi connectivity index (χ1) is 11.6. The molecule has 2 aromatic rings. The van der Waals surface area contributed by atoms with E-state index in [-0.39, 0.29) is 18.6 Å². The summed E-state index contributed by atoms with van der Waals surface area (Å²) in [6.45, 7) is 4.12. The van der Waals surface area contributed by atoms with Crippen molar-refractivity contribution in [3.8, 4) is 17.2 Å². The monoisotopic (exact) mass is 327 g/mol. The van der Waals surface area contributed by atoms with Crippen LogP contribution in [0, 0.1) is 6.92 Å². The van der Waals surface area contributed by atoms with Crippen molar-refractivity contribution < 1.29 is 19.0 Å². The maximum Gasteiger partial charge on any atom is 0.265 e. The molecule has 0 unspecified atom stereocenters. The normalized spacial score (nSPS) is 17.0.